The molecule has 2 aliphatic carbocycles. The van der Waals surface area contributed by atoms with Crippen molar-refractivity contribution >= 4 is 0 Å². The van der Waals surface area contributed by atoms with Crippen molar-refractivity contribution in [2.24, 2.45) is 5.92 Å². The van der Waals surface area contributed by atoms with Gasteiger partial charge in [-0.1, -0.05) is 37.3 Å². The van der Waals surface area contributed by atoms with E-state index in [0.717, 1.165) is 43.2 Å². The van der Waals surface area contributed by atoms with Crippen LogP contribution < -0.4 is 0 Å². The molecule has 2 heteroatoms. The summed E-state index contributed by atoms with van der Waals surface area (Å²) in [4.78, 5) is 0. The maximum Gasteiger partial charge on any atom is 0.126 e. The lowest BCUT2D eigenvalue weighted by Gasteiger charge is -2.25. The molecule has 0 radical (unpaired) electrons. The van der Waals surface area contributed by atoms with E-state index in [1.165, 1.54) is 44.2 Å². The number of allylic oxidation sites excluding steroid dienone is 2. The summed E-state index contributed by atoms with van der Waals surface area (Å²) < 4.78 is 26.6. The first-order chi connectivity index (χ1) is 10.2. The van der Waals surface area contributed by atoms with Gasteiger partial charge in [0.05, 0.1) is 0 Å². The number of rotatable bonds is 3. The van der Waals surface area contributed by atoms with Crippen LogP contribution in [0.1, 0.15) is 69.3 Å². The molecule has 2 saturated carbocycles. The van der Waals surface area contributed by atoms with Gasteiger partial charge >= 0.3 is 0 Å². The Bertz CT molecular complexity index is 482. The second kappa shape index (κ2) is 6.72. The molecule has 3 rings (SSSR count). The Labute approximate surface area is 126 Å². The van der Waals surface area contributed by atoms with Gasteiger partial charge in [-0.2, -0.15) is 0 Å². The van der Waals surface area contributed by atoms with Gasteiger partial charge in [-0.3, -0.25) is 0 Å². The lowest BCUT2D eigenvalue weighted by molar-refractivity contribution is 0.498. The highest BCUT2D eigenvalue weighted by atomic mass is 19.1. The van der Waals surface area contributed by atoms with Gasteiger partial charge in [0, 0.05) is 6.07 Å². The maximum absolute atomic E-state index is 13.3. The van der Waals surface area contributed by atoms with Crippen LogP contribution in [0.15, 0.2) is 29.8 Å². The molecule has 1 aromatic carbocycles. The van der Waals surface area contributed by atoms with Crippen molar-refractivity contribution < 1.29 is 8.78 Å². The molecule has 0 atom stereocenters. The maximum atomic E-state index is 13.3. The van der Waals surface area contributed by atoms with Crippen molar-refractivity contribution in [3.05, 3.63) is 47.0 Å². The molecular formula is C19H24F2. The quantitative estimate of drug-likeness (QED) is 0.587. The van der Waals surface area contributed by atoms with Gasteiger partial charge in [-0.05, 0) is 61.6 Å². The van der Waals surface area contributed by atoms with Crippen LogP contribution in [-0.4, -0.2) is 0 Å². The summed E-state index contributed by atoms with van der Waals surface area (Å²) in [5.41, 5.74) is 2.40. The third-order valence-corrected chi connectivity index (χ3v) is 5.20. The van der Waals surface area contributed by atoms with E-state index < -0.39 is 11.6 Å². The number of benzene rings is 1. The van der Waals surface area contributed by atoms with E-state index in [1.807, 2.05) is 0 Å². The summed E-state index contributed by atoms with van der Waals surface area (Å²) >= 11 is 0. The SMILES string of the molecule is Fc1cc(F)cc(C2CCC(=CCC3CCCC3)CC2)c1. The van der Waals surface area contributed by atoms with Gasteiger partial charge in [0.15, 0.2) is 0 Å². The Hall–Kier alpha value is -1.18. The minimum Gasteiger partial charge on any atom is -0.207 e. The highest BCUT2D eigenvalue weighted by molar-refractivity contribution is 5.24. The first-order valence-electron chi connectivity index (χ1n) is 8.34. The fourth-order valence-electron chi connectivity index (χ4n) is 3.92. The van der Waals surface area contributed by atoms with E-state index in [9.17, 15) is 8.78 Å². The second-order valence-corrected chi connectivity index (χ2v) is 6.73. The highest BCUT2D eigenvalue weighted by Gasteiger charge is 2.20. The zero-order valence-corrected chi connectivity index (χ0v) is 12.6. The molecule has 0 heterocycles. The van der Waals surface area contributed by atoms with E-state index >= 15 is 0 Å². The molecule has 0 spiro atoms. The van der Waals surface area contributed by atoms with Gasteiger partial charge in [-0.15, -0.1) is 0 Å². The average molecular weight is 290 g/mol. The molecule has 0 N–H and O–H groups in total. The summed E-state index contributed by atoms with van der Waals surface area (Å²) in [5, 5.41) is 0. The third kappa shape index (κ3) is 3.93. The minimum absolute atomic E-state index is 0.318. The largest absolute Gasteiger partial charge is 0.207 e. The Kier molecular flexibility index (Phi) is 4.72. The Morgan fingerprint density at radius 2 is 1.52 bits per heavy atom. The molecule has 114 valence electrons. The van der Waals surface area contributed by atoms with E-state index in [2.05, 4.69) is 6.08 Å². The zero-order valence-electron chi connectivity index (χ0n) is 12.6. The summed E-state index contributed by atoms with van der Waals surface area (Å²) in [6.07, 6.45) is 13.5. The van der Waals surface area contributed by atoms with Crippen LogP contribution in [0.5, 0.6) is 0 Å². The highest BCUT2D eigenvalue weighted by Crippen LogP contribution is 2.37. The molecule has 1 aromatic rings. The van der Waals surface area contributed by atoms with Crippen LogP contribution >= 0.6 is 0 Å². The molecule has 0 unspecified atom stereocenters. The molecule has 2 fully saturated rings. The number of hydrogen-bond acceptors (Lipinski definition) is 0. The van der Waals surface area contributed by atoms with Crippen LogP contribution in [0, 0.1) is 17.6 Å². The predicted octanol–water partition coefficient (Wildman–Crippen LogP) is 6.13. The molecule has 2 aliphatic rings. The van der Waals surface area contributed by atoms with Gasteiger partial charge in [0.2, 0.25) is 0 Å². The van der Waals surface area contributed by atoms with Crippen molar-refractivity contribution in [2.75, 3.05) is 0 Å². The van der Waals surface area contributed by atoms with Crippen LogP contribution in [0.3, 0.4) is 0 Å². The molecule has 0 aliphatic heterocycles. The zero-order chi connectivity index (χ0) is 14.7. The van der Waals surface area contributed by atoms with E-state index in [-0.39, 0.29) is 0 Å². The van der Waals surface area contributed by atoms with E-state index in [0.29, 0.717) is 5.92 Å². The van der Waals surface area contributed by atoms with Gasteiger partial charge < -0.3 is 0 Å². The minimum atomic E-state index is -0.451. The fraction of sp³-hybridized carbons (Fsp3) is 0.579. The van der Waals surface area contributed by atoms with Crippen LogP contribution in [0.4, 0.5) is 8.78 Å². The van der Waals surface area contributed by atoms with Crippen molar-refractivity contribution in [3.8, 4) is 0 Å². The Morgan fingerprint density at radius 1 is 0.905 bits per heavy atom. The monoisotopic (exact) mass is 290 g/mol. The summed E-state index contributed by atoms with van der Waals surface area (Å²) in [7, 11) is 0. The summed E-state index contributed by atoms with van der Waals surface area (Å²) in [6, 6.07) is 3.96. The van der Waals surface area contributed by atoms with E-state index in [4.69, 9.17) is 0 Å². The van der Waals surface area contributed by atoms with Crippen LogP contribution in [0.25, 0.3) is 0 Å². The third-order valence-electron chi connectivity index (χ3n) is 5.20. The smallest absolute Gasteiger partial charge is 0.126 e. The molecule has 0 saturated heterocycles. The first kappa shape index (κ1) is 14.7. The molecule has 0 bridgehead atoms. The van der Waals surface area contributed by atoms with E-state index in [1.54, 1.807) is 5.57 Å². The average Bonchev–Trinajstić information content (AvgIpc) is 2.98. The number of hydrogen-bond donors (Lipinski definition) is 0. The Morgan fingerprint density at radius 3 is 2.14 bits per heavy atom. The van der Waals surface area contributed by atoms with Crippen LogP contribution in [0.2, 0.25) is 0 Å². The molecule has 21 heavy (non-hydrogen) atoms. The lowest BCUT2D eigenvalue weighted by atomic mass is 9.81. The lowest BCUT2D eigenvalue weighted by Crippen LogP contribution is -2.07. The summed E-state index contributed by atoms with van der Waals surface area (Å²) in [5.74, 6) is 0.325. The topological polar surface area (TPSA) is 0 Å². The van der Waals surface area contributed by atoms with Crippen molar-refractivity contribution in [2.45, 2.75) is 63.7 Å². The number of halogens is 2. The predicted molar refractivity (Wildman–Crippen MR) is 82.2 cm³/mol. The first-order valence-corrected chi connectivity index (χ1v) is 8.34. The summed E-state index contributed by atoms with van der Waals surface area (Å²) in [6.45, 7) is 0. The van der Waals surface area contributed by atoms with Gasteiger partial charge in [0.25, 0.3) is 0 Å². The normalized spacial score (nSPS) is 23.5. The Balaban J connectivity index is 1.55. The molecule has 0 aromatic heterocycles. The van der Waals surface area contributed by atoms with Crippen LogP contribution in [-0.2, 0) is 0 Å². The van der Waals surface area contributed by atoms with Crippen molar-refractivity contribution in [3.63, 3.8) is 0 Å². The fourth-order valence-corrected chi connectivity index (χ4v) is 3.92. The second-order valence-electron chi connectivity index (χ2n) is 6.73. The van der Waals surface area contributed by atoms with Crippen molar-refractivity contribution in [1.29, 1.82) is 0 Å². The van der Waals surface area contributed by atoms with Crippen molar-refractivity contribution in [1.82, 2.24) is 0 Å². The standard InChI is InChI=1S/C19H24F2/c20-18-11-17(12-19(21)13-18)16-9-7-15(8-10-16)6-5-14-3-1-2-4-14/h6,11-14,16H,1-5,7-10H2. The van der Waals surface area contributed by atoms with Gasteiger partial charge in [0.1, 0.15) is 11.6 Å². The van der Waals surface area contributed by atoms with Gasteiger partial charge in [-0.25, -0.2) is 8.78 Å². The molecule has 0 amide bonds. The molecular weight excluding hydrogens is 266 g/mol. The molecule has 0 nitrogen and oxygen atoms in total.